The Morgan fingerprint density at radius 2 is 1.95 bits per heavy atom. The molecule has 1 aromatic heterocycles. The molecular formula is C14H15BrN2O2. The molecule has 19 heavy (non-hydrogen) atoms. The molecular weight excluding hydrogens is 308 g/mol. The fraction of sp³-hybridized carbons (Fsp3) is 0.214. The molecule has 2 aromatic rings. The van der Waals surface area contributed by atoms with Gasteiger partial charge in [-0.25, -0.2) is 0 Å². The van der Waals surface area contributed by atoms with Crippen molar-refractivity contribution in [3.05, 3.63) is 46.7 Å². The fourth-order valence-electron chi connectivity index (χ4n) is 1.71. The van der Waals surface area contributed by atoms with Crippen LogP contribution in [-0.2, 0) is 6.54 Å². The maximum atomic E-state index is 5.28. The van der Waals surface area contributed by atoms with Gasteiger partial charge in [-0.3, -0.25) is 4.98 Å². The van der Waals surface area contributed by atoms with E-state index in [0.717, 1.165) is 27.2 Å². The Balaban J connectivity index is 2.10. The largest absolute Gasteiger partial charge is 0.493 e. The molecule has 0 saturated carbocycles. The lowest BCUT2D eigenvalue weighted by molar-refractivity contribution is 0.354. The molecule has 0 bridgehead atoms. The van der Waals surface area contributed by atoms with Crippen molar-refractivity contribution in [1.82, 2.24) is 4.98 Å². The molecule has 0 fully saturated rings. The summed E-state index contributed by atoms with van der Waals surface area (Å²) in [5.74, 6) is 1.46. The summed E-state index contributed by atoms with van der Waals surface area (Å²) in [4.78, 5) is 4.03. The molecule has 2 rings (SSSR count). The molecule has 0 aliphatic rings. The number of aromatic nitrogens is 1. The molecule has 1 N–H and O–H groups in total. The lowest BCUT2D eigenvalue weighted by atomic mass is 10.2. The second-order valence-electron chi connectivity index (χ2n) is 3.90. The van der Waals surface area contributed by atoms with Crippen molar-refractivity contribution in [1.29, 1.82) is 0 Å². The fourth-order valence-corrected chi connectivity index (χ4v) is 2.10. The van der Waals surface area contributed by atoms with Crippen LogP contribution in [0, 0.1) is 0 Å². The van der Waals surface area contributed by atoms with Gasteiger partial charge in [0.25, 0.3) is 0 Å². The van der Waals surface area contributed by atoms with Crippen LogP contribution in [0.5, 0.6) is 11.5 Å². The Morgan fingerprint density at radius 1 is 1.16 bits per heavy atom. The smallest absolute Gasteiger partial charge is 0.161 e. The van der Waals surface area contributed by atoms with Gasteiger partial charge in [0, 0.05) is 18.9 Å². The lowest BCUT2D eigenvalue weighted by Crippen LogP contribution is -2.01. The van der Waals surface area contributed by atoms with Crippen LogP contribution in [0.4, 0.5) is 5.69 Å². The molecule has 0 aliphatic carbocycles. The topological polar surface area (TPSA) is 43.4 Å². The van der Waals surface area contributed by atoms with Crippen LogP contribution in [0.2, 0.25) is 0 Å². The van der Waals surface area contributed by atoms with Gasteiger partial charge >= 0.3 is 0 Å². The van der Waals surface area contributed by atoms with E-state index in [0.29, 0.717) is 6.54 Å². The van der Waals surface area contributed by atoms with Crippen molar-refractivity contribution in [2.24, 2.45) is 0 Å². The summed E-state index contributed by atoms with van der Waals surface area (Å²) < 4.78 is 11.4. The number of benzene rings is 1. The zero-order valence-corrected chi connectivity index (χ0v) is 12.4. The van der Waals surface area contributed by atoms with E-state index in [1.165, 1.54) is 0 Å². The van der Waals surface area contributed by atoms with E-state index in [9.17, 15) is 0 Å². The molecule has 0 saturated heterocycles. The molecule has 0 aliphatic heterocycles. The van der Waals surface area contributed by atoms with E-state index in [2.05, 4.69) is 26.2 Å². The SMILES string of the molecule is COc1ccc(CNc2ccncc2Br)cc1OC. The van der Waals surface area contributed by atoms with Gasteiger partial charge in [-0.2, -0.15) is 0 Å². The Kier molecular flexibility index (Phi) is 4.63. The highest BCUT2D eigenvalue weighted by atomic mass is 79.9. The van der Waals surface area contributed by atoms with E-state index in [-0.39, 0.29) is 0 Å². The number of hydrogen-bond donors (Lipinski definition) is 1. The third-order valence-electron chi connectivity index (χ3n) is 2.70. The van der Waals surface area contributed by atoms with E-state index < -0.39 is 0 Å². The summed E-state index contributed by atoms with van der Waals surface area (Å²) in [6.07, 6.45) is 3.51. The molecule has 0 amide bonds. The lowest BCUT2D eigenvalue weighted by Gasteiger charge is -2.11. The van der Waals surface area contributed by atoms with Gasteiger partial charge in [-0.15, -0.1) is 0 Å². The van der Waals surface area contributed by atoms with Crippen molar-refractivity contribution in [3.8, 4) is 11.5 Å². The molecule has 1 aromatic carbocycles. The summed E-state index contributed by atoms with van der Waals surface area (Å²) in [7, 11) is 3.26. The van der Waals surface area contributed by atoms with E-state index in [1.54, 1.807) is 26.6 Å². The Hall–Kier alpha value is -1.75. The molecule has 0 radical (unpaired) electrons. The van der Waals surface area contributed by atoms with Crippen LogP contribution >= 0.6 is 15.9 Å². The highest BCUT2D eigenvalue weighted by Crippen LogP contribution is 2.28. The minimum absolute atomic E-state index is 0.697. The van der Waals surface area contributed by atoms with Gasteiger partial charge in [0.2, 0.25) is 0 Å². The molecule has 0 spiro atoms. The average Bonchev–Trinajstić information content (AvgIpc) is 2.46. The molecule has 1 heterocycles. The predicted octanol–water partition coefficient (Wildman–Crippen LogP) is 3.47. The molecule has 5 heteroatoms. The van der Waals surface area contributed by atoms with Crippen LogP contribution in [0.25, 0.3) is 0 Å². The van der Waals surface area contributed by atoms with Crippen LogP contribution in [-0.4, -0.2) is 19.2 Å². The second-order valence-corrected chi connectivity index (χ2v) is 4.75. The highest BCUT2D eigenvalue weighted by molar-refractivity contribution is 9.10. The summed E-state index contributed by atoms with van der Waals surface area (Å²) in [6, 6.07) is 7.78. The summed E-state index contributed by atoms with van der Waals surface area (Å²) in [6.45, 7) is 0.697. The number of anilines is 1. The number of rotatable bonds is 5. The Labute approximate surface area is 120 Å². The van der Waals surface area contributed by atoms with Gasteiger partial charge in [-0.1, -0.05) is 6.07 Å². The number of methoxy groups -OCH3 is 2. The first-order valence-corrected chi connectivity index (χ1v) is 6.58. The first-order chi connectivity index (χ1) is 9.24. The standard InChI is InChI=1S/C14H15BrN2O2/c1-18-13-4-3-10(7-14(13)19-2)8-17-12-5-6-16-9-11(12)15/h3-7,9H,8H2,1-2H3,(H,16,17). The van der Waals surface area contributed by atoms with Crippen LogP contribution < -0.4 is 14.8 Å². The normalized spacial score (nSPS) is 10.1. The first-order valence-electron chi connectivity index (χ1n) is 5.79. The van der Waals surface area contributed by atoms with Gasteiger partial charge in [0.1, 0.15) is 0 Å². The maximum Gasteiger partial charge on any atom is 0.161 e. The zero-order chi connectivity index (χ0) is 13.7. The molecule has 0 unspecified atom stereocenters. The summed E-state index contributed by atoms with van der Waals surface area (Å²) >= 11 is 3.45. The number of nitrogens with zero attached hydrogens (tertiary/aromatic N) is 1. The van der Waals surface area contributed by atoms with Crippen LogP contribution in [0.15, 0.2) is 41.1 Å². The van der Waals surface area contributed by atoms with Crippen molar-refractivity contribution >= 4 is 21.6 Å². The second kappa shape index (κ2) is 6.43. The van der Waals surface area contributed by atoms with E-state index in [4.69, 9.17) is 9.47 Å². The number of nitrogens with one attached hydrogen (secondary N) is 1. The number of pyridine rings is 1. The maximum absolute atomic E-state index is 5.28. The van der Waals surface area contributed by atoms with E-state index in [1.807, 2.05) is 24.3 Å². The van der Waals surface area contributed by atoms with Crippen molar-refractivity contribution < 1.29 is 9.47 Å². The van der Waals surface area contributed by atoms with Crippen LogP contribution in [0.3, 0.4) is 0 Å². The zero-order valence-electron chi connectivity index (χ0n) is 10.8. The van der Waals surface area contributed by atoms with Gasteiger partial charge in [-0.05, 0) is 39.7 Å². The Morgan fingerprint density at radius 3 is 2.63 bits per heavy atom. The number of hydrogen-bond acceptors (Lipinski definition) is 4. The first kappa shape index (κ1) is 13.7. The van der Waals surface area contributed by atoms with Gasteiger partial charge < -0.3 is 14.8 Å². The Bertz CT molecular complexity index is 561. The van der Waals surface area contributed by atoms with Crippen LogP contribution in [0.1, 0.15) is 5.56 Å². The minimum atomic E-state index is 0.697. The molecule has 4 nitrogen and oxygen atoms in total. The van der Waals surface area contributed by atoms with E-state index >= 15 is 0 Å². The number of halogens is 1. The van der Waals surface area contributed by atoms with Crippen molar-refractivity contribution in [3.63, 3.8) is 0 Å². The number of ether oxygens (including phenoxy) is 2. The quantitative estimate of drug-likeness (QED) is 0.915. The molecule has 0 atom stereocenters. The molecule has 100 valence electrons. The predicted molar refractivity (Wildman–Crippen MR) is 78.8 cm³/mol. The van der Waals surface area contributed by atoms with Crippen molar-refractivity contribution in [2.45, 2.75) is 6.54 Å². The summed E-state index contributed by atoms with van der Waals surface area (Å²) in [5, 5.41) is 3.33. The van der Waals surface area contributed by atoms with Crippen molar-refractivity contribution in [2.75, 3.05) is 19.5 Å². The highest BCUT2D eigenvalue weighted by Gasteiger charge is 2.05. The third-order valence-corrected chi connectivity index (χ3v) is 3.34. The monoisotopic (exact) mass is 322 g/mol. The summed E-state index contributed by atoms with van der Waals surface area (Å²) in [5.41, 5.74) is 2.12. The van der Waals surface area contributed by atoms with Gasteiger partial charge in [0.15, 0.2) is 11.5 Å². The van der Waals surface area contributed by atoms with Gasteiger partial charge in [0.05, 0.1) is 24.4 Å². The third kappa shape index (κ3) is 3.38. The average molecular weight is 323 g/mol. The minimum Gasteiger partial charge on any atom is -0.493 e.